The van der Waals surface area contributed by atoms with Crippen molar-refractivity contribution in [2.45, 2.75) is 6.10 Å². The van der Waals surface area contributed by atoms with Gasteiger partial charge >= 0.3 is 0 Å². The SMILES string of the molecule is COCC(CNc1ccncc1)OC. The van der Waals surface area contributed by atoms with E-state index in [0.717, 1.165) is 12.2 Å². The molecule has 0 aliphatic rings. The second-order valence-corrected chi connectivity index (χ2v) is 2.93. The molecule has 0 amide bonds. The van der Waals surface area contributed by atoms with Gasteiger partial charge in [0, 0.05) is 38.8 Å². The largest absolute Gasteiger partial charge is 0.382 e. The number of anilines is 1. The van der Waals surface area contributed by atoms with Gasteiger partial charge in [-0.15, -0.1) is 0 Å². The van der Waals surface area contributed by atoms with Crippen LogP contribution in [0.3, 0.4) is 0 Å². The first kappa shape index (κ1) is 10.9. The zero-order valence-electron chi connectivity index (χ0n) is 8.56. The van der Waals surface area contributed by atoms with Gasteiger partial charge in [-0.25, -0.2) is 0 Å². The van der Waals surface area contributed by atoms with Gasteiger partial charge in [-0.1, -0.05) is 0 Å². The van der Waals surface area contributed by atoms with E-state index >= 15 is 0 Å². The van der Waals surface area contributed by atoms with E-state index in [1.54, 1.807) is 26.6 Å². The van der Waals surface area contributed by atoms with E-state index < -0.39 is 0 Å². The zero-order chi connectivity index (χ0) is 10.2. The number of nitrogens with zero attached hydrogens (tertiary/aromatic N) is 1. The Kier molecular flexibility index (Phi) is 4.96. The van der Waals surface area contributed by atoms with Crippen LogP contribution < -0.4 is 5.32 Å². The summed E-state index contributed by atoms with van der Waals surface area (Å²) in [7, 11) is 3.34. The zero-order valence-corrected chi connectivity index (χ0v) is 8.56. The van der Waals surface area contributed by atoms with Gasteiger partial charge in [0.25, 0.3) is 0 Å². The number of hydrogen-bond acceptors (Lipinski definition) is 4. The molecule has 4 nitrogen and oxygen atoms in total. The van der Waals surface area contributed by atoms with Crippen LogP contribution in [0.5, 0.6) is 0 Å². The second kappa shape index (κ2) is 6.34. The molecule has 1 aromatic rings. The van der Waals surface area contributed by atoms with Gasteiger partial charge in [-0.3, -0.25) is 4.98 Å². The third kappa shape index (κ3) is 3.72. The van der Waals surface area contributed by atoms with Crippen molar-refractivity contribution in [3.8, 4) is 0 Å². The summed E-state index contributed by atoms with van der Waals surface area (Å²) in [6.07, 6.45) is 3.58. The highest BCUT2D eigenvalue weighted by atomic mass is 16.5. The van der Waals surface area contributed by atoms with Crippen LogP contribution in [0.25, 0.3) is 0 Å². The Morgan fingerprint density at radius 1 is 1.36 bits per heavy atom. The molecule has 1 aromatic heterocycles. The van der Waals surface area contributed by atoms with E-state index in [4.69, 9.17) is 9.47 Å². The number of ether oxygens (including phenoxy) is 2. The van der Waals surface area contributed by atoms with Crippen LogP contribution in [0.1, 0.15) is 0 Å². The van der Waals surface area contributed by atoms with Crippen LogP contribution in [0.2, 0.25) is 0 Å². The lowest BCUT2D eigenvalue weighted by Crippen LogP contribution is -2.26. The molecular formula is C10H16N2O2. The van der Waals surface area contributed by atoms with Crippen molar-refractivity contribution in [3.63, 3.8) is 0 Å². The Morgan fingerprint density at radius 3 is 2.64 bits per heavy atom. The van der Waals surface area contributed by atoms with Gasteiger partial charge in [0.15, 0.2) is 0 Å². The Morgan fingerprint density at radius 2 is 2.07 bits per heavy atom. The molecule has 78 valence electrons. The molecule has 1 atom stereocenters. The minimum absolute atomic E-state index is 0.0770. The van der Waals surface area contributed by atoms with Gasteiger partial charge in [-0.05, 0) is 12.1 Å². The normalized spacial score (nSPS) is 12.4. The van der Waals surface area contributed by atoms with Crippen LogP contribution >= 0.6 is 0 Å². The third-order valence-electron chi connectivity index (χ3n) is 1.90. The highest BCUT2D eigenvalue weighted by Crippen LogP contribution is 2.03. The average Bonchev–Trinajstić information content (AvgIpc) is 2.25. The van der Waals surface area contributed by atoms with Crippen molar-refractivity contribution in [2.75, 3.05) is 32.7 Å². The van der Waals surface area contributed by atoms with Gasteiger partial charge in [0.1, 0.15) is 0 Å². The van der Waals surface area contributed by atoms with E-state index in [0.29, 0.717) is 6.61 Å². The summed E-state index contributed by atoms with van der Waals surface area (Å²) in [5.41, 5.74) is 1.04. The van der Waals surface area contributed by atoms with Crippen molar-refractivity contribution < 1.29 is 9.47 Å². The first-order chi connectivity index (χ1) is 6.86. The molecule has 0 aliphatic carbocycles. The monoisotopic (exact) mass is 196 g/mol. The first-order valence-corrected chi connectivity index (χ1v) is 4.52. The van der Waals surface area contributed by atoms with Crippen LogP contribution in [0.4, 0.5) is 5.69 Å². The molecule has 0 spiro atoms. The van der Waals surface area contributed by atoms with Gasteiger partial charge in [0.2, 0.25) is 0 Å². The molecule has 4 heteroatoms. The summed E-state index contributed by atoms with van der Waals surface area (Å²) in [6.45, 7) is 1.32. The summed E-state index contributed by atoms with van der Waals surface area (Å²) in [6, 6.07) is 3.83. The van der Waals surface area contributed by atoms with Crippen molar-refractivity contribution in [1.82, 2.24) is 4.98 Å². The molecule has 0 aliphatic heterocycles. The van der Waals surface area contributed by atoms with Gasteiger partial charge < -0.3 is 14.8 Å². The quantitative estimate of drug-likeness (QED) is 0.741. The van der Waals surface area contributed by atoms with E-state index in [2.05, 4.69) is 10.3 Å². The number of pyridine rings is 1. The summed E-state index contributed by atoms with van der Waals surface area (Å²) in [4.78, 5) is 3.93. The minimum Gasteiger partial charge on any atom is -0.382 e. The second-order valence-electron chi connectivity index (χ2n) is 2.93. The summed E-state index contributed by atoms with van der Waals surface area (Å²) in [5, 5.41) is 3.24. The molecule has 1 rings (SSSR count). The van der Waals surface area contributed by atoms with E-state index in [1.807, 2.05) is 12.1 Å². The fraction of sp³-hybridized carbons (Fsp3) is 0.500. The Hall–Kier alpha value is -1.13. The van der Waals surface area contributed by atoms with Gasteiger partial charge in [0.05, 0.1) is 12.7 Å². The summed E-state index contributed by atoms with van der Waals surface area (Å²) < 4.78 is 10.2. The topological polar surface area (TPSA) is 43.4 Å². The average molecular weight is 196 g/mol. The van der Waals surface area contributed by atoms with E-state index in [9.17, 15) is 0 Å². The highest BCUT2D eigenvalue weighted by molar-refractivity contribution is 5.40. The Bertz CT molecular complexity index is 241. The number of methoxy groups -OCH3 is 2. The maximum atomic E-state index is 5.21. The van der Waals surface area contributed by atoms with Crippen LogP contribution in [-0.4, -0.2) is 38.5 Å². The molecule has 0 saturated heterocycles. The molecule has 1 N–H and O–H groups in total. The van der Waals surface area contributed by atoms with Crippen molar-refractivity contribution >= 4 is 5.69 Å². The number of aromatic nitrogens is 1. The smallest absolute Gasteiger partial charge is 0.0976 e. The summed E-state index contributed by atoms with van der Waals surface area (Å²) >= 11 is 0. The molecule has 1 unspecified atom stereocenters. The van der Waals surface area contributed by atoms with Gasteiger partial charge in [-0.2, -0.15) is 0 Å². The maximum absolute atomic E-state index is 5.21. The van der Waals surface area contributed by atoms with Crippen LogP contribution in [0.15, 0.2) is 24.5 Å². The fourth-order valence-corrected chi connectivity index (χ4v) is 1.10. The van der Waals surface area contributed by atoms with Crippen LogP contribution in [0, 0.1) is 0 Å². The number of hydrogen-bond donors (Lipinski definition) is 1. The molecule has 0 radical (unpaired) electrons. The van der Waals surface area contributed by atoms with Crippen molar-refractivity contribution in [3.05, 3.63) is 24.5 Å². The minimum atomic E-state index is 0.0770. The van der Waals surface area contributed by atoms with Crippen LogP contribution in [-0.2, 0) is 9.47 Å². The lowest BCUT2D eigenvalue weighted by atomic mass is 10.3. The Labute approximate surface area is 84.3 Å². The highest BCUT2D eigenvalue weighted by Gasteiger charge is 2.05. The predicted molar refractivity (Wildman–Crippen MR) is 55.4 cm³/mol. The molecule has 0 bridgehead atoms. The van der Waals surface area contributed by atoms with E-state index in [1.165, 1.54) is 0 Å². The maximum Gasteiger partial charge on any atom is 0.0976 e. The molecule has 0 saturated carbocycles. The number of nitrogens with one attached hydrogen (secondary N) is 1. The standard InChI is InChI=1S/C10H16N2O2/c1-13-8-10(14-2)7-12-9-3-5-11-6-4-9/h3-6,10H,7-8H2,1-2H3,(H,11,12). The molecule has 1 heterocycles. The Balaban J connectivity index is 2.32. The van der Waals surface area contributed by atoms with E-state index in [-0.39, 0.29) is 6.10 Å². The first-order valence-electron chi connectivity index (χ1n) is 4.52. The molecular weight excluding hydrogens is 180 g/mol. The molecule has 0 aromatic carbocycles. The summed E-state index contributed by atoms with van der Waals surface area (Å²) in [5.74, 6) is 0. The lowest BCUT2D eigenvalue weighted by Gasteiger charge is -2.15. The predicted octanol–water partition coefficient (Wildman–Crippen LogP) is 1.15. The van der Waals surface area contributed by atoms with Crippen molar-refractivity contribution in [2.24, 2.45) is 0 Å². The lowest BCUT2D eigenvalue weighted by molar-refractivity contribution is 0.0365. The third-order valence-corrected chi connectivity index (χ3v) is 1.90. The fourth-order valence-electron chi connectivity index (χ4n) is 1.10. The number of rotatable bonds is 6. The van der Waals surface area contributed by atoms with Crippen molar-refractivity contribution in [1.29, 1.82) is 0 Å². The molecule has 14 heavy (non-hydrogen) atoms. The molecule has 0 fully saturated rings.